The fraction of sp³-hybridized carbons (Fsp3) is 1.00. The summed E-state index contributed by atoms with van der Waals surface area (Å²) in [5, 5.41) is 0. The molecule has 1 heterocycles. The lowest BCUT2D eigenvalue weighted by Crippen LogP contribution is -2.33. The molecular weight excluding hydrogens is 241 g/mol. The molecule has 1 fully saturated rings. The van der Waals surface area contributed by atoms with Crippen molar-refractivity contribution in [1.82, 2.24) is 0 Å². The molecule has 8 heteroatoms. The van der Waals surface area contributed by atoms with Crippen LogP contribution >= 0.6 is 6.49 Å². The standard InChI is InChI=1S/C7H13BFO4PS/c1-11-3-4-6(13-14(2,10)15)5(9)7(8)12-4/h4-7H,3H2,1-2H3,(H,10,15)/t4-,5+,6?,7-,14?/m1/s1. The first-order valence-corrected chi connectivity index (χ1v) is 7.50. The molecule has 2 unspecified atom stereocenters. The summed E-state index contributed by atoms with van der Waals surface area (Å²) in [5.74, 6) is 0. The summed E-state index contributed by atoms with van der Waals surface area (Å²) in [7, 11) is 6.83. The molecule has 0 spiro atoms. The molecule has 0 amide bonds. The van der Waals surface area contributed by atoms with Crippen LogP contribution in [0.15, 0.2) is 0 Å². The van der Waals surface area contributed by atoms with Crippen molar-refractivity contribution in [3.8, 4) is 0 Å². The molecule has 0 aromatic heterocycles. The van der Waals surface area contributed by atoms with E-state index in [9.17, 15) is 9.28 Å². The highest BCUT2D eigenvalue weighted by molar-refractivity contribution is 8.09. The predicted molar refractivity (Wildman–Crippen MR) is 58.5 cm³/mol. The molecule has 0 bridgehead atoms. The van der Waals surface area contributed by atoms with Gasteiger partial charge in [-0.05, 0) is 11.8 Å². The van der Waals surface area contributed by atoms with E-state index >= 15 is 0 Å². The smallest absolute Gasteiger partial charge is 0.183 e. The van der Waals surface area contributed by atoms with Crippen LogP contribution in [0.1, 0.15) is 0 Å². The van der Waals surface area contributed by atoms with Gasteiger partial charge in [-0.1, -0.05) is 0 Å². The highest BCUT2D eigenvalue weighted by atomic mass is 32.5. The number of rotatable bonds is 4. The Labute approximate surface area is 94.7 Å². The average molecular weight is 254 g/mol. The summed E-state index contributed by atoms with van der Waals surface area (Å²) in [5.41, 5.74) is 0. The molecule has 1 rings (SSSR count). The number of halogens is 1. The van der Waals surface area contributed by atoms with Crippen molar-refractivity contribution < 1.29 is 23.3 Å². The highest BCUT2D eigenvalue weighted by Crippen LogP contribution is 2.43. The maximum atomic E-state index is 13.5. The van der Waals surface area contributed by atoms with Crippen LogP contribution < -0.4 is 0 Å². The van der Waals surface area contributed by atoms with Gasteiger partial charge in [-0.3, -0.25) is 0 Å². The first-order chi connectivity index (χ1) is 6.85. The lowest BCUT2D eigenvalue weighted by atomic mass is 9.94. The van der Waals surface area contributed by atoms with E-state index in [1.165, 1.54) is 13.8 Å². The first kappa shape index (κ1) is 13.5. The van der Waals surface area contributed by atoms with Gasteiger partial charge in [0.2, 0.25) is 0 Å². The Hall–Kier alpha value is 0.485. The fourth-order valence-corrected chi connectivity index (χ4v) is 2.40. The van der Waals surface area contributed by atoms with Gasteiger partial charge in [-0.25, -0.2) is 4.39 Å². The molecule has 86 valence electrons. The maximum Gasteiger partial charge on any atom is 0.183 e. The lowest BCUT2D eigenvalue weighted by molar-refractivity contribution is -0.0105. The Morgan fingerprint density at radius 1 is 1.67 bits per heavy atom. The van der Waals surface area contributed by atoms with Gasteiger partial charge in [-0.2, -0.15) is 0 Å². The third kappa shape index (κ3) is 3.77. The van der Waals surface area contributed by atoms with Crippen LogP contribution in [0.2, 0.25) is 0 Å². The van der Waals surface area contributed by atoms with E-state index in [0.717, 1.165) is 0 Å². The number of methoxy groups -OCH3 is 1. The third-order valence-corrected chi connectivity index (χ3v) is 2.87. The summed E-state index contributed by atoms with van der Waals surface area (Å²) in [4.78, 5) is 9.37. The highest BCUT2D eigenvalue weighted by Gasteiger charge is 2.44. The molecule has 15 heavy (non-hydrogen) atoms. The molecule has 1 aliphatic heterocycles. The minimum absolute atomic E-state index is 0.147. The Morgan fingerprint density at radius 3 is 2.73 bits per heavy atom. The zero-order valence-corrected chi connectivity index (χ0v) is 10.2. The minimum atomic E-state index is -2.94. The van der Waals surface area contributed by atoms with Crippen molar-refractivity contribution in [2.75, 3.05) is 20.4 Å². The van der Waals surface area contributed by atoms with Gasteiger partial charge in [0.1, 0.15) is 26.2 Å². The van der Waals surface area contributed by atoms with Crippen molar-refractivity contribution in [2.24, 2.45) is 0 Å². The summed E-state index contributed by atoms with van der Waals surface area (Å²) >= 11 is 4.69. The van der Waals surface area contributed by atoms with Crippen molar-refractivity contribution >= 4 is 26.1 Å². The second-order valence-corrected chi connectivity index (χ2v) is 7.26. The van der Waals surface area contributed by atoms with Gasteiger partial charge >= 0.3 is 0 Å². The van der Waals surface area contributed by atoms with Crippen molar-refractivity contribution in [2.45, 2.75) is 24.4 Å². The molecule has 1 N–H and O–H groups in total. The molecule has 0 aromatic rings. The van der Waals surface area contributed by atoms with E-state index in [2.05, 4.69) is 0 Å². The van der Waals surface area contributed by atoms with Crippen LogP contribution in [0.3, 0.4) is 0 Å². The van der Waals surface area contributed by atoms with Gasteiger partial charge in [0.05, 0.1) is 12.6 Å². The minimum Gasteiger partial charge on any atom is -0.382 e. The molecular formula is C7H13BFO4PS. The van der Waals surface area contributed by atoms with E-state index < -0.39 is 30.9 Å². The SMILES string of the molecule is [B][C@@H]1O[C@H](COC)C(OP(C)(O)=S)[C@@H]1F. The zero-order chi connectivity index (χ0) is 11.6. The van der Waals surface area contributed by atoms with Gasteiger partial charge in [0.25, 0.3) is 0 Å². The second-order valence-electron chi connectivity index (χ2n) is 3.41. The summed E-state index contributed by atoms with van der Waals surface area (Å²) in [6.07, 6.45) is -3.09. The predicted octanol–water partition coefficient (Wildman–Crippen LogP) is 0.181. The van der Waals surface area contributed by atoms with Crippen LogP contribution in [-0.4, -0.2) is 57.5 Å². The van der Waals surface area contributed by atoms with Crippen LogP contribution in [0.4, 0.5) is 4.39 Å². The van der Waals surface area contributed by atoms with Crippen LogP contribution in [0.5, 0.6) is 0 Å². The van der Waals surface area contributed by atoms with E-state index in [1.807, 2.05) is 0 Å². The number of alkyl halides is 1. The molecule has 0 saturated carbocycles. The monoisotopic (exact) mass is 254 g/mol. The molecule has 4 nitrogen and oxygen atoms in total. The summed E-state index contributed by atoms with van der Waals surface area (Å²) in [6, 6.07) is -1.06. The van der Waals surface area contributed by atoms with E-state index in [-0.39, 0.29) is 6.61 Å². The van der Waals surface area contributed by atoms with Crippen LogP contribution in [-0.2, 0) is 25.8 Å². The van der Waals surface area contributed by atoms with Crippen LogP contribution in [0, 0.1) is 0 Å². The lowest BCUT2D eigenvalue weighted by Gasteiger charge is -2.22. The largest absolute Gasteiger partial charge is 0.382 e. The Morgan fingerprint density at radius 2 is 2.27 bits per heavy atom. The average Bonchev–Trinajstić information content (AvgIpc) is 2.32. The molecule has 1 aliphatic rings. The Kier molecular flexibility index (Phi) is 4.71. The molecule has 2 radical (unpaired) electrons. The van der Waals surface area contributed by atoms with Crippen molar-refractivity contribution in [1.29, 1.82) is 0 Å². The van der Waals surface area contributed by atoms with Crippen molar-refractivity contribution in [3.63, 3.8) is 0 Å². The van der Waals surface area contributed by atoms with E-state index in [0.29, 0.717) is 0 Å². The van der Waals surface area contributed by atoms with E-state index in [1.54, 1.807) is 0 Å². The number of hydrogen-bond donors (Lipinski definition) is 1. The maximum absolute atomic E-state index is 13.5. The normalized spacial score (nSPS) is 40.3. The topological polar surface area (TPSA) is 47.9 Å². The summed E-state index contributed by atoms with van der Waals surface area (Å²) < 4.78 is 28.5. The number of ether oxygens (including phenoxy) is 2. The first-order valence-electron chi connectivity index (χ1n) is 4.38. The van der Waals surface area contributed by atoms with Gasteiger partial charge in [0, 0.05) is 13.8 Å². The van der Waals surface area contributed by atoms with Gasteiger partial charge < -0.3 is 18.9 Å². The van der Waals surface area contributed by atoms with Gasteiger partial charge in [-0.15, -0.1) is 0 Å². The summed E-state index contributed by atoms with van der Waals surface area (Å²) in [6.45, 7) is -1.44. The van der Waals surface area contributed by atoms with E-state index in [4.69, 9.17) is 33.7 Å². The van der Waals surface area contributed by atoms with Gasteiger partial charge in [0.15, 0.2) is 6.49 Å². The van der Waals surface area contributed by atoms with Crippen molar-refractivity contribution in [3.05, 3.63) is 0 Å². The molecule has 0 aromatic carbocycles. The third-order valence-electron chi connectivity index (χ3n) is 1.97. The Bertz CT molecular complexity index is 263. The Balaban J connectivity index is 2.68. The molecule has 5 atom stereocenters. The molecule has 1 saturated heterocycles. The second kappa shape index (κ2) is 5.21. The zero-order valence-electron chi connectivity index (χ0n) is 8.50. The fourth-order valence-electron chi connectivity index (χ4n) is 1.40. The van der Waals surface area contributed by atoms with Crippen LogP contribution in [0.25, 0.3) is 0 Å². The number of hydrogen-bond acceptors (Lipinski definition) is 4. The molecule has 0 aliphatic carbocycles. The quantitative estimate of drug-likeness (QED) is 0.573.